The van der Waals surface area contributed by atoms with E-state index in [1.165, 1.54) is 0 Å². The highest BCUT2D eigenvalue weighted by Crippen LogP contribution is 2.08. The van der Waals surface area contributed by atoms with Crippen LogP contribution in [0.3, 0.4) is 0 Å². The summed E-state index contributed by atoms with van der Waals surface area (Å²) in [5.41, 5.74) is 0. The predicted molar refractivity (Wildman–Crippen MR) is 55.5 cm³/mol. The van der Waals surface area contributed by atoms with Crippen molar-refractivity contribution in [3.63, 3.8) is 0 Å². The summed E-state index contributed by atoms with van der Waals surface area (Å²) >= 11 is 0. The second-order valence-electron chi connectivity index (χ2n) is 3.49. The molecule has 2 amide bonds. The lowest BCUT2D eigenvalue weighted by molar-refractivity contribution is -0.129. The van der Waals surface area contributed by atoms with E-state index < -0.39 is 6.09 Å². The molecule has 1 aliphatic heterocycles. The number of likely N-dealkylation sites (tertiary alicyclic amines) is 1. The molecule has 1 aliphatic rings. The monoisotopic (exact) mass is 214 g/mol. The zero-order chi connectivity index (χ0) is 11.1. The van der Waals surface area contributed by atoms with E-state index in [1.807, 2.05) is 4.90 Å². The molecular formula is C10H18N2O3. The Morgan fingerprint density at radius 2 is 2.00 bits per heavy atom. The molecular weight excluding hydrogens is 196 g/mol. The van der Waals surface area contributed by atoms with Crippen molar-refractivity contribution in [1.82, 2.24) is 10.2 Å². The van der Waals surface area contributed by atoms with Crippen LogP contribution >= 0.6 is 0 Å². The number of carbonyl (C=O) groups excluding carboxylic acids is 2. The van der Waals surface area contributed by atoms with Crippen LogP contribution < -0.4 is 5.32 Å². The summed E-state index contributed by atoms with van der Waals surface area (Å²) < 4.78 is 4.67. The fourth-order valence-electron chi connectivity index (χ4n) is 1.58. The molecule has 1 heterocycles. The first-order chi connectivity index (χ1) is 7.24. The average molecular weight is 214 g/mol. The molecule has 1 rings (SSSR count). The van der Waals surface area contributed by atoms with Gasteiger partial charge in [-0.3, -0.25) is 4.79 Å². The van der Waals surface area contributed by atoms with Gasteiger partial charge in [-0.25, -0.2) is 4.79 Å². The van der Waals surface area contributed by atoms with Gasteiger partial charge >= 0.3 is 6.09 Å². The summed E-state index contributed by atoms with van der Waals surface area (Å²) in [5.74, 6) is 0.115. The summed E-state index contributed by atoms with van der Waals surface area (Å²) in [5, 5.41) is 2.53. The molecule has 0 aromatic heterocycles. The third-order valence-electron chi connectivity index (χ3n) is 2.34. The van der Waals surface area contributed by atoms with E-state index in [2.05, 4.69) is 10.1 Å². The SMILES string of the molecule is CCOC(=O)NCCC(=O)N1CCCC1. The largest absolute Gasteiger partial charge is 0.450 e. The van der Waals surface area contributed by atoms with Crippen LogP contribution in [0.2, 0.25) is 0 Å². The molecule has 0 saturated carbocycles. The fourth-order valence-corrected chi connectivity index (χ4v) is 1.58. The number of carbonyl (C=O) groups is 2. The third-order valence-corrected chi connectivity index (χ3v) is 2.34. The summed E-state index contributed by atoms with van der Waals surface area (Å²) in [6.45, 7) is 4.17. The predicted octanol–water partition coefficient (Wildman–Crippen LogP) is 0.745. The second-order valence-corrected chi connectivity index (χ2v) is 3.49. The van der Waals surface area contributed by atoms with Crippen LogP contribution in [0.1, 0.15) is 26.2 Å². The van der Waals surface area contributed by atoms with Gasteiger partial charge in [-0.2, -0.15) is 0 Å². The second kappa shape index (κ2) is 6.27. The maximum absolute atomic E-state index is 11.5. The van der Waals surface area contributed by atoms with Crippen LogP contribution in [0, 0.1) is 0 Å². The molecule has 5 heteroatoms. The molecule has 0 aromatic rings. The lowest BCUT2D eigenvalue weighted by Crippen LogP contribution is -2.32. The van der Waals surface area contributed by atoms with E-state index in [0.29, 0.717) is 19.6 Å². The topological polar surface area (TPSA) is 58.6 Å². The molecule has 0 unspecified atom stereocenters. The minimum atomic E-state index is -0.452. The number of alkyl carbamates (subject to hydrolysis) is 1. The van der Waals surface area contributed by atoms with Gasteiger partial charge in [0.15, 0.2) is 0 Å². The average Bonchev–Trinajstić information content (AvgIpc) is 2.70. The van der Waals surface area contributed by atoms with Gasteiger partial charge in [-0.15, -0.1) is 0 Å². The van der Waals surface area contributed by atoms with E-state index in [4.69, 9.17) is 0 Å². The molecule has 86 valence electrons. The summed E-state index contributed by atoms with van der Waals surface area (Å²) in [6.07, 6.45) is 2.10. The van der Waals surface area contributed by atoms with Gasteiger partial charge < -0.3 is 15.0 Å². The summed E-state index contributed by atoms with van der Waals surface area (Å²) in [6, 6.07) is 0. The van der Waals surface area contributed by atoms with Crippen molar-refractivity contribution in [2.45, 2.75) is 26.2 Å². The van der Waals surface area contributed by atoms with E-state index in [0.717, 1.165) is 25.9 Å². The van der Waals surface area contributed by atoms with Gasteiger partial charge in [-0.1, -0.05) is 0 Å². The number of hydrogen-bond acceptors (Lipinski definition) is 3. The van der Waals surface area contributed by atoms with Gasteiger partial charge in [0.05, 0.1) is 6.61 Å². The number of nitrogens with zero attached hydrogens (tertiary/aromatic N) is 1. The molecule has 0 atom stereocenters. The summed E-state index contributed by atoms with van der Waals surface area (Å²) in [4.78, 5) is 24.2. The van der Waals surface area contributed by atoms with Gasteiger partial charge in [-0.05, 0) is 19.8 Å². The van der Waals surface area contributed by atoms with Crippen LogP contribution in [0.25, 0.3) is 0 Å². The van der Waals surface area contributed by atoms with E-state index >= 15 is 0 Å². The Balaban J connectivity index is 2.08. The standard InChI is InChI=1S/C10H18N2O3/c1-2-15-10(14)11-6-5-9(13)12-7-3-4-8-12/h2-8H2,1H3,(H,11,14). The first-order valence-corrected chi connectivity index (χ1v) is 5.42. The van der Waals surface area contributed by atoms with Crippen LogP contribution in [0.15, 0.2) is 0 Å². The number of hydrogen-bond donors (Lipinski definition) is 1. The molecule has 5 nitrogen and oxygen atoms in total. The zero-order valence-electron chi connectivity index (χ0n) is 9.12. The van der Waals surface area contributed by atoms with E-state index in [9.17, 15) is 9.59 Å². The number of rotatable bonds is 4. The summed E-state index contributed by atoms with van der Waals surface area (Å²) in [7, 11) is 0. The third kappa shape index (κ3) is 4.18. The molecule has 0 bridgehead atoms. The van der Waals surface area contributed by atoms with Crippen molar-refractivity contribution in [2.75, 3.05) is 26.2 Å². The van der Waals surface area contributed by atoms with Crippen LogP contribution in [-0.2, 0) is 9.53 Å². The zero-order valence-corrected chi connectivity index (χ0v) is 9.12. The lowest BCUT2D eigenvalue weighted by Gasteiger charge is -2.14. The van der Waals surface area contributed by atoms with Crippen molar-refractivity contribution in [3.05, 3.63) is 0 Å². The smallest absolute Gasteiger partial charge is 0.407 e. The quantitative estimate of drug-likeness (QED) is 0.751. The van der Waals surface area contributed by atoms with Crippen LogP contribution in [0.4, 0.5) is 4.79 Å². The fraction of sp³-hybridized carbons (Fsp3) is 0.800. The van der Waals surface area contributed by atoms with Crippen molar-refractivity contribution in [2.24, 2.45) is 0 Å². The Labute approximate surface area is 89.8 Å². The van der Waals surface area contributed by atoms with Gasteiger partial charge in [0, 0.05) is 26.1 Å². The molecule has 0 radical (unpaired) electrons. The highest BCUT2D eigenvalue weighted by molar-refractivity contribution is 5.77. The number of nitrogens with one attached hydrogen (secondary N) is 1. The number of amides is 2. The maximum atomic E-state index is 11.5. The van der Waals surface area contributed by atoms with Crippen LogP contribution in [-0.4, -0.2) is 43.1 Å². The van der Waals surface area contributed by atoms with Gasteiger partial charge in [0.1, 0.15) is 0 Å². The molecule has 15 heavy (non-hydrogen) atoms. The molecule has 1 saturated heterocycles. The number of ether oxygens (including phenoxy) is 1. The van der Waals surface area contributed by atoms with Crippen molar-refractivity contribution in [1.29, 1.82) is 0 Å². The highest BCUT2D eigenvalue weighted by Gasteiger charge is 2.17. The Morgan fingerprint density at radius 3 is 2.60 bits per heavy atom. The minimum absolute atomic E-state index is 0.115. The van der Waals surface area contributed by atoms with Crippen molar-refractivity contribution >= 4 is 12.0 Å². The van der Waals surface area contributed by atoms with Gasteiger partial charge in [0.2, 0.25) is 5.91 Å². The molecule has 0 aromatic carbocycles. The normalized spacial score (nSPS) is 15.1. The Kier molecular flexibility index (Phi) is 4.93. The lowest BCUT2D eigenvalue weighted by atomic mass is 10.3. The molecule has 1 N–H and O–H groups in total. The van der Waals surface area contributed by atoms with Crippen molar-refractivity contribution in [3.8, 4) is 0 Å². The van der Waals surface area contributed by atoms with E-state index in [1.54, 1.807) is 6.92 Å². The van der Waals surface area contributed by atoms with Crippen molar-refractivity contribution < 1.29 is 14.3 Å². The molecule has 1 fully saturated rings. The van der Waals surface area contributed by atoms with Crippen LogP contribution in [0.5, 0.6) is 0 Å². The Morgan fingerprint density at radius 1 is 1.33 bits per heavy atom. The molecule has 0 aliphatic carbocycles. The van der Waals surface area contributed by atoms with E-state index in [-0.39, 0.29) is 5.91 Å². The first-order valence-electron chi connectivity index (χ1n) is 5.42. The minimum Gasteiger partial charge on any atom is -0.450 e. The van der Waals surface area contributed by atoms with Gasteiger partial charge in [0.25, 0.3) is 0 Å². The first kappa shape index (κ1) is 11.8. The maximum Gasteiger partial charge on any atom is 0.407 e. The Hall–Kier alpha value is -1.26. The Bertz CT molecular complexity index is 225. The molecule has 0 spiro atoms. The highest BCUT2D eigenvalue weighted by atomic mass is 16.5.